The number of Topliss-reactive ketones (excluding diaryl/α,β-unsaturated/α-hetero) is 1. The van der Waals surface area contributed by atoms with E-state index in [2.05, 4.69) is 31.2 Å². The Morgan fingerprint density at radius 3 is 2.22 bits per heavy atom. The van der Waals surface area contributed by atoms with Gasteiger partial charge < -0.3 is 0 Å². The molecular weight excluding hydrogens is 335 g/mol. The van der Waals surface area contributed by atoms with E-state index >= 15 is 0 Å². The first-order valence-electron chi connectivity index (χ1n) is 10.5. The van der Waals surface area contributed by atoms with Gasteiger partial charge in [-0.15, -0.1) is 0 Å². The van der Waals surface area contributed by atoms with E-state index < -0.39 is 5.82 Å². The maximum Gasteiger partial charge on any atom is 0.162 e. The Labute approximate surface area is 163 Å². The molecule has 2 heteroatoms. The predicted molar refractivity (Wildman–Crippen MR) is 111 cm³/mol. The van der Waals surface area contributed by atoms with Gasteiger partial charge in [-0.25, -0.2) is 4.39 Å². The Bertz CT molecular complexity index is 754. The van der Waals surface area contributed by atoms with Crippen molar-refractivity contribution in [3.05, 3.63) is 59.4 Å². The molecule has 1 nitrogen and oxygen atoms in total. The number of benzene rings is 2. The van der Waals surface area contributed by atoms with Crippen LogP contribution >= 0.6 is 0 Å². The number of hydrogen-bond acceptors (Lipinski definition) is 1. The molecule has 2 aromatic rings. The number of unbranched alkanes of at least 4 members (excludes halogenated alkanes) is 2. The van der Waals surface area contributed by atoms with Crippen LogP contribution in [-0.2, 0) is 0 Å². The summed E-state index contributed by atoms with van der Waals surface area (Å²) in [6.07, 6.45) is 10.8. The summed E-state index contributed by atoms with van der Waals surface area (Å²) < 4.78 is 14.1. The molecule has 0 N–H and O–H groups in total. The summed E-state index contributed by atoms with van der Waals surface area (Å²) in [4.78, 5) is 11.4. The zero-order valence-electron chi connectivity index (χ0n) is 16.6. The highest BCUT2D eigenvalue weighted by molar-refractivity contribution is 5.94. The van der Waals surface area contributed by atoms with E-state index in [1.807, 2.05) is 6.07 Å². The molecule has 0 aromatic heterocycles. The van der Waals surface area contributed by atoms with Gasteiger partial charge >= 0.3 is 0 Å². The fourth-order valence-corrected chi connectivity index (χ4v) is 4.40. The van der Waals surface area contributed by atoms with Crippen molar-refractivity contribution in [3.8, 4) is 11.1 Å². The molecule has 0 atom stereocenters. The van der Waals surface area contributed by atoms with Crippen molar-refractivity contribution in [1.82, 2.24) is 0 Å². The van der Waals surface area contributed by atoms with Crippen LogP contribution in [0.15, 0.2) is 42.5 Å². The molecule has 1 aliphatic rings. The minimum atomic E-state index is -0.439. The van der Waals surface area contributed by atoms with Crippen molar-refractivity contribution < 1.29 is 9.18 Å². The first kappa shape index (κ1) is 19.8. The SMILES string of the molecule is CCCCCC1CCC(c2ccc(-c3ccc(C(C)=O)c(F)c3)cc2)CC1. The van der Waals surface area contributed by atoms with Gasteiger partial charge in [-0.05, 0) is 73.3 Å². The van der Waals surface area contributed by atoms with Crippen molar-refractivity contribution in [2.75, 3.05) is 0 Å². The lowest BCUT2D eigenvalue weighted by Crippen LogP contribution is -2.13. The number of hydrogen-bond donors (Lipinski definition) is 0. The van der Waals surface area contributed by atoms with Crippen molar-refractivity contribution in [3.63, 3.8) is 0 Å². The zero-order valence-corrected chi connectivity index (χ0v) is 16.6. The smallest absolute Gasteiger partial charge is 0.162 e. The predicted octanol–water partition coefficient (Wildman–Crippen LogP) is 7.55. The van der Waals surface area contributed by atoms with Gasteiger partial charge in [-0.2, -0.15) is 0 Å². The third kappa shape index (κ3) is 5.06. The highest BCUT2D eigenvalue weighted by Gasteiger charge is 2.22. The fourth-order valence-electron chi connectivity index (χ4n) is 4.40. The molecule has 0 radical (unpaired) electrons. The second-order valence-corrected chi connectivity index (χ2v) is 8.09. The Kier molecular flexibility index (Phi) is 6.82. The van der Waals surface area contributed by atoms with Crippen LogP contribution < -0.4 is 0 Å². The third-order valence-electron chi connectivity index (χ3n) is 6.13. The summed E-state index contributed by atoms with van der Waals surface area (Å²) in [5, 5.41) is 0. The second kappa shape index (κ2) is 9.30. The van der Waals surface area contributed by atoms with Gasteiger partial charge in [0, 0.05) is 0 Å². The van der Waals surface area contributed by atoms with Gasteiger partial charge in [0.05, 0.1) is 5.56 Å². The Morgan fingerprint density at radius 2 is 1.63 bits per heavy atom. The molecule has 0 bridgehead atoms. The summed E-state index contributed by atoms with van der Waals surface area (Å²) in [6.45, 7) is 3.66. The fraction of sp³-hybridized carbons (Fsp3) is 0.480. The maximum atomic E-state index is 14.1. The molecule has 1 aliphatic carbocycles. The largest absolute Gasteiger partial charge is 0.294 e. The van der Waals surface area contributed by atoms with Crippen molar-refractivity contribution in [2.24, 2.45) is 5.92 Å². The molecule has 27 heavy (non-hydrogen) atoms. The van der Waals surface area contributed by atoms with Gasteiger partial charge in [0.1, 0.15) is 5.82 Å². The number of ketones is 1. The van der Waals surface area contributed by atoms with E-state index in [1.54, 1.807) is 6.07 Å². The number of halogens is 1. The minimum absolute atomic E-state index is 0.158. The molecule has 0 amide bonds. The summed E-state index contributed by atoms with van der Waals surface area (Å²) in [7, 11) is 0. The number of carbonyl (C=O) groups is 1. The molecule has 1 fully saturated rings. The van der Waals surface area contributed by atoms with E-state index in [0.717, 1.165) is 17.0 Å². The first-order valence-corrected chi connectivity index (χ1v) is 10.5. The molecule has 0 saturated heterocycles. The van der Waals surface area contributed by atoms with Crippen LogP contribution in [0.1, 0.15) is 87.1 Å². The quantitative estimate of drug-likeness (QED) is 0.365. The van der Waals surface area contributed by atoms with E-state index in [4.69, 9.17) is 0 Å². The third-order valence-corrected chi connectivity index (χ3v) is 6.13. The minimum Gasteiger partial charge on any atom is -0.294 e. The van der Waals surface area contributed by atoms with E-state index in [-0.39, 0.29) is 11.3 Å². The molecule has 144 valence electrons. The van der Waals surface area contributed by atoms with Gasteiger partial charge in [-0.3, -0.25) is 4.79 Å². The molecule has 2 aromatic carbocycles. The van der Waals surface area contributed by atoms with Crippen LogP contribution in [0, 0.1) is 11.7 Å². The lowest BCUT2D eigenvalue weighted by molar-refractivity contribution is 0.101. The van der Waals surface area contributed by atoms with Crippen LogP contribution in [0.2, 0.25) is 0 Å². The van der Waals surface area contributed by atoms with Gasteiger partial charge in [0.25, 0.3) is 0 Å². The normalized spacial score (nSPS) is 19.8. The lowest BCUT2D eigenvalue weighted by atomic mass is 9.77. The summed E-state index contributed by atoms with van der Waals surface area (Å²) in [6, 6.07) is 13.5. The standard InChI is InChI=1S/C25H31FO/c1-3-4-5-6-19-7-9-20(10-8-19)21-11-13-22(14-12-21)23-15-16-24(18(2)27)25(26)17-23/h11-17,19-20H,3-10H2,1-2H3. The maximum absolute atomic E-state index is 14.1. The summed E-state index contributed by atoms with van der Waals surface area (Å²) in [5.74, 6) is 0.915. The van der Waals surface area contributed by atoms with Crippen LogP contribution in [0.3, 0.4) is 0 Å². The molecule has 0 aliphatic heterocycles. The monoisotopic (exact) mass is 366 g/mol. The van der Waals surface area contributed by atoms with Crippen LogP contribution in [0.4, 0.5) is 4.39 Å². The highest BCUT2D eigenvalue weighted by atomic mass is 19.1. The van der Waals surface area contributed by atoms with E-state index in [0.29, 0.717) is 5.92 Å². The summed E-state index contributed by atoms with van der Waals surface area (Å²) in [5.41, 5.74) is 3.39. The van der Waals surface area contributed by atoms with Crippen LogP contribution in [-0.4, -0.2) is 5.78 Å². The number of rotatable bonds is 7. The second-order valence-electron chi connectivity index (χ2n) is 8.09. The molecule has 0 heterocycles. The topological polar surface area (TPSA) is 17.1 Å². The Hall–Kier alpha value is -1.96. The molecule has 3 rings (SSSR count). The van der Waals surface area contributed by atoms with Crippen molar-refractivity contribution >= 4 is 5.78 Å². The molecule has 1 saturated carbocycles. The van der Waals surface area contributed by atoms with Crippen molar-refractivity contribution in [1.29, 1.82) is 0 Å². The van der Waals surface area contributed by atoms with Crippen LogP contribution in [0.25, 0.3) is 11.1 Å². The first-order chi connectivity index (χ1) is 13.1. The number of carbonyl (C=O) groups excluding carboxylic acids is 1. The molecular formula is C25H31FO. The lowest BCUT2D eigenvalue weighted by Gasteiger charge is -2.29. The van der Waals surface area contributed by atoms with Crippen LogP contribution in [0.5, 0.6) is 0 Å². The molecule has 0 unspecified atom stereocenters. The van der Waals surface area contributed by atoms with Gasteiger partial charge in [0.2, 0.25) is 0 Å². The van der Waals surface area contributed by atoms with E-state index in [9.17, 15) is 9.18 Å². The van der Waals surface area contributed by atoms with Crippen molar-refractivity contribution in [2.45, 2.75) is 71.1 Å². The Balaban J connectivity index is 1.61. The molecule has 0 spiro atoms. The highest BCUT2D eigenvalue weighted by Crippen LogP contribution is 2.38. The average Bonchev–Trinajstić information content (AvgIpc) is 2.68. The Morgan fingerprint density at radius 1 is 0.963 bits per heavy atom. The van der Waals surface area contributed by atoms with E-state index in [1.165, 1.54) is 69.9 Å². The average molecular weight is 367 g/mol. The zero-order chi connectivity index (χ0) is 19.2. The van der Waals surface area contributed by atoms with Gasteiger partial charge in [-0.1, -0.05) is 62.9 Å². The van der Waals surface area contributed by atoms with Gasteiger partial charge in [0.15, 0.2) is 5.78 Å². The summed E-state index contributed by atoms with van der Waals surface area (Å²) >= 11 is 0.